The molecule has 0 bridgehead atoms. The van der Waals surface area contributed by atoms with E-state index in [9.17, 15) is 5.11 Å². The second kappa shape index (κ2) is 3.74. The summed E-state index contributed by atoms with van der Waals surface area (Å²) < 4.78 is 5.20. The molecular formula is C8H14O2. The number of aliphatic hydroxyl groups excluding tert-OH is 1. The van der Waals surface area contributed by atoms with Gasteiger partial charge in [0.1, 0.15) is 0 Å². The van der Waals surface area contributed by atoms with Gasteiger partial charge in [-0.05, 0) is 12.8 Å². The molecule has 1 aliphatic heterocycles. The maximum absolute atomic E-state index is 9.37. The maximum atomic E-state index is 9.37. The van der Waals surface area contributed by atoms with E-state index in [-0.39, 0.29) is 12.0 Å². The molecule has 1 fully saturated rings. The highest BCUT2D eigenvalue weighted by Gasteiger charge is 2.21. The molecule has 0 saturated carbocycles. The lowest BCUT2D eigenvalue weighted by atomic mass is 9.95. The minimum Gasteiger partial charge on any atom is -0.393 e. The summed E-state index contributed by atoms with van der Waals surface area (Å²) in [5.41, 5.74) is 0. The third-order valence-corrected chi connectivity index (χ3v) is 1.90. The molecule has 1 saturated heterocycles. The second-order valence-corrected chi connectivity index (χ2v) is 2.72. The molecule has 0 spiro atoms. The van der Waals surface area contributed by atoms with Crippen molar-refractivity contribution in [2.75, 3.05) is 13.2 Å². The third kappa shape index (κ3) is 1.82. The van der Waals surface area contributed by atoms with Crippen LogP contribution in [-0.2, 0) is 4.74 Å². The van der Waals surface area contributed by atoms with Crippen LogP contribution in [0, 0.1) is 5.92 Å². The Morgan fingerprint density at radius 3 is 3.10 bits per heavy atom. The highest BCUT2D eigenvalue weighted by Crippen LogP contribution is 2.17. The van der Waals surface area contributed by atoms with Crippen LogP contribution >= 0.6 is 0 Å². The fraction of sp³-hybridized carbons (Fsp3) is 0.750. The molecule has 1 heterocycles. The number of ether oxygens (including phenoxy) is 1. The SMILES string of the molecule is C=CC[C@@H]1COCC[C@@H]1O. The Kier molecular flexibility index (Phi) is 2.90. The van der Waals surface area contributed by atoms with E-state index in [1.165, 1.54) is 0 Å². The largest absolute Gasteiger partial charge is 0.393 e. The summed E-state index contributed by atoms with van der Waals surface area (Å²) in [5.74, 6) is 0.284. The first-order valence-corrected chi connectivity index (χ1v) is 3.71. The van der Waals surface area contributed by atoms with Gasteiger partial charge in [-0.1, -0.05) is 6.08 Å². The lowest BCUT2D eigenvalue weighted by Crippen LogP contribution is -2.31. The van der Waals surface area contributed by atoms with E-state index in [0.717, 1.165) is 12.8 Å². The van der Waals surface area contributed by atoms with Gasteiger partial charge in [-0.25, -0.2) is 0 Å². The average molecular weight is 142 g/mol. The van der Waals surface area contributed by atoms with Crippen molar-refractivity contribution in [1.82, 2.24) is 0 Å². The van der Waals surface area contributed by atoms with Crippen molar-refractivity contribution in [2.24, 2.45) is 5.92 Å². The van der Waals surface area contributed by atoms with Crippen LogP contribution < -0.4 is 0 Å². The van der Waals surface area contributed by atoms with Crippen LogP contribution in [0.5, 0.6) is 0 Å². The Morgan fingerprint density at radius 1 is 1.70 bits per heavy atom. The van der Waals surface area contributed by atoms with E-state index < -0.39 is 0 Å². The Hall–Kier alpha value is -0.340. The molecule has 1 rings (SSSR count). The fourth-order valence-electron chi connectivity index (χ4n) is 1.22. The molecule has 0 radical (unpaired) electrons. The molecule has 2 heteroatoms. The summed E-state index contributed by atoms with van der Waals surface area (Å²) in [5, 5.41) is 9.37. The predicted octanol–water partition coefficient (Wildman–Crippen LogP) is 0.960. The van der Waals surface area contributed by atoms with Crippen molar-refractivity contribution in [3.05, 3.63) is 12.7 Å². The van der Waals surface area contributed by atoms with Gasteiger partial charge in [-0.3, -0.25) is 0 Å². The van der Waals surface area contributed by atoms with Gasteiger partial charge in [-0.2, -0.15) is 0 Å². The van der Waals surface area contributed by atoms with Crippen molar-refractivity contribution < 1.29 is 9.84 Å². The topological polar surface area (TPSA) is 29.5 Å². The van der Waals surface area contributed by atoms with E-state index in [4.69, 9.17) is 4.74 Å². The minimum absolute atomic E-state index is 0.174. The molecule has 0 aromatic heterocycles. The van der Waals surface area contributed by atoms with E-state index in [0.29, 0.717) is 13.2 Å². The quantitative estimate of drug-likeness (QED) is 0.582. The first kappa shape index (κ1) is 7.76. The lowest BCUT2D eigenvalue weighted by molar-refractivity contribution is -0.0340. The zero-order chi connectivity index (χ0) is 7.40. The van der Waals surface area contributed by atoms with Crippen LogP contribution in [0.4, 0.5) is 0 Å². The summed E-state index contributed by atoms with van der Waals surface area (Å²) in [6, 6.07) is 0. The Balaban J connectivity index is 2.32. The van der Waals surface area contributed by atoms with Crippen LogP contribution in [0.15, 0.2) is 12.7 Å². The number of allylic oxidation sites excluding steroid dienone is 1. The molecule has 0 amide bonds. The van der Waals surface area contributed by atoms with Crippen LogP contribution in [0.3, 0.4) is 0 Å². The molecule has 2 atom stereocenters. The zero-order valence-electron chi connectivity index (χ0n) is 6.12. The fourth-order valence-corrected chi connectivity index (χ4v) is 1.22. The Morgan fingerprint density at radius 2 is 2.50 bits per heavy atom. The van der Waals surface area contributed by atoms with Crippen molar-refractivity contribution in [3.8, 4) is 0 Å². The predicted molar refractivity (Wildman–Crippen MR) is 39.7 cm³/mol. The van der Waals surface area contributed by atoms with Crippen LogP contribution in [0.2, 0.25) is 0 Å². The summed E-state index contributed by atoms with van der Waals surface area (Å²) in [6.07, 6.45) is 3.30. The molecule has 10 heavy (non-hydrogen) atoms. The van der Waals surface area contributed by atoms with E-state index in [1.54, 1.807) is 0 Å². The van der Waals surface area contributed by atoms with Gasteiger partial charge in [0.05, 0.1) is 12.7 Å². The maximum Gasteiger partial charge on any atom is 0.0615 e. The zero-order valence-corrected chi connectivity index (χ0v) is 6.12. The van der Waals surface area contributed by atoms with E-state index >= 15 is 0 Å². The summed E-state index contributed by atoms with van der Waals surface area (Å²) in [6.45, 7) is 5.01. The van der Waals surface area contributed by atoms with E-state index in [2.05, 4.69) is 6.58 Å². The van der Waals surface area contributed by atoms with Gasteiger partial charge in [0.2, 0.25) is 0 Å². The lowest BCUT2D eigenvalue weighted by Gasteiger charge is -2.26. The molecule has 1 N–H and O–H groups in total. The monoisotopic (exact) mass is 142 g/mol. The normalized spacial score (nSPS) is 33.7. The second-order valence-electron chi connectivity index (χ2n) is 2.72. The van der Waals surface area contributed by atoms with Crippen molar-refractivity contribution in [1.29, 1.82) is 0 Å². The average Bonchev–Trinajstić information content (AvgIpc) is 1.94. The highest BCUT2D eigenvalue weighted by atomic mass is 16.5. The number of hydrogen-bond donors (Lipinski definition) is 1. The molecule has 0 aromatic rings. The molecular weight excluding hydrogens is 128 g/mol. The summed E-state index contributed by atoms with van der Waals surface area (Å²) in [4.78, 5) is 0. The van der Waals surface area contributed by atoms with Crippen LogP contribution in [0.25, 0.3) is 0 Å². The number of aliphatic hydroxyl groups is 1. The summed E-state index contributed by atoms with van der Waals surface area (Å²) >= 11 is 0. The van der Waals surface area contributed by atoms with Crippen molar-refractivity contribution >= 4 is 0 Å². The molecule has 58 valence electrons. The van der Waals surface area contributed by atoms with Crippen LogP contribution in [0.1, 0.15) is 12.8 Å². The third-order valence-electron chi connectivity index (χ3n) is 1.90. The minimum atomic E-state index is -0.174. The smallest absolute Gasteiger partial charge is 0.0615 e. The summed E-state index contributed by atoms with van der Waals surface area (Å²) in [7, 11) is 0. The standard InChI is InChI=1S/C8H14O2/c1-2-3-7-6-10-5-4-8(7)9/h2,7-9H,1,3-6H2/t7-,8+/m1/s1. The van der Waals surface area contributed by atoms with Crippen molar-refractivity contribution in [2.45, 2.75) is 18.9 Å². The van der Waals surface area contributed by atoms with Gasteiger partial charge >= 0.3 is 0 Å². The molecule has 1 aliphatic rings. The van der Waals surface area contributed by atoms with Gasteiger partial charge < -0.3 is 9.84 Å². The first-order valence-electron chi connectivity index (χ1n) is 3.71. The van der Waals surface area contributed by atoms with Gasteiger partial charge in [-0.15, -0.1) is 6.58 Å². The molecule has 0 aromatic carbocycles. The van der Waals surface area contributed by atoms with Gasteiger partial charge in [0, 0.05) is 12.5 Å². The first-order chi connectivity index (χ1) is 4.84. The molecule has 0 aliphatic carbocycles. The Labute approximate surface area is 61.5 Å². The number of hydrogen-bond acceptors (Lipinski definition) is 2. The Bertz CT molecular complexity index is 112. The number of rotatable bonds is 2. The van der Waals surface area contributed by atoms with Gasteiger partial charge in [0.15, 0.2) is 0 Å². The van der Waals surface area contributed by atoms with E-state index in [1.807, 2.05) is 6.08 Å². The van der Waals surface area contributed by atoms with Crippen LogP contribution in [-0.4, -0.2) is 24.4 Å². The highest BCUT2D eigenvalue weighted by molar-refractivity contribution is 4.79. The van der Waals surface area contributed by atoms with Gasteiger partial charge in [0.25, 0.3) is 0 Å². The van der Waals surface area contributed by atoms with Crippen molar-refractivity contribution in [3.63, 3.8) is 0 Å². The molecule has 2 nitrogen and oxygen atoms in total. The molecule has 0 unspecified atom stereocenters.